The molecule has 9 heteroatoms. The van der Waals surface area contributed by atoms with Crippen LogP contribution >= 0.6 is 0 Å². The fourth-order valence-corrected chi connectivity index (χ4v) is 3.21. The van der Waals surface area contributed by atoms with Crippen LogP contribution in [0.5, 0.6) is 23.0 Å². The molecule has 2 aromatic carbocycles. The van der Waals surface area contributed by atoms with Gasteiger partial charge in [0.25, 0.3) is 0 Å². The molecule has 1 fully saturated rings. The normalized spacial score (nSPS) is 14.4. The quantitative estimate of drug-likeness (QED) is 0.292. The number of nitrogens with zero attached hydrogens (tertiary/aromatic N) is 2. The van der Waals surface area contributed by atoms with Crippen LogP contribution in [-0.4, -0.2) is 73.8 Å². The van der Waals surface area contributed by atoms with E-state index in [1.807, 2.05) is 12.1 Å². The Hall–Kier alpha value is -3.30. The van der Waals surface area contributed by atoms with Crippen LogP contribution in [0.1, 0.15) is 17.5 Å². The maximum absolute atomic E-state index is 12.0. The van der Waals surface area contributed by atoms with Gasteiger partial charge in [-0.1, -0.05) is 6.07 Å². The third-order valence-corrected chi connectivity index (χ3v) is 5.04. The zero-order chi connectivity index (χ0) is 22.8. The lowest BCUT2D eigenvalue weighted by Gasteiger charge is -2.26. The molecular weight excluding hydrogens is 414 g/mol. The minimum absolute atomic E-state index is 0.188. The number of hydrogen-bond acceptors (Lipinski definition) is 8. The molecule has 0 aliphatic carbocycles. The molecule has 1 aliphatic rings. The predicted octanol–water partition coefficient (Wildman–Crippen LogP) is 1.90. The summed E-state index contributed by atoms with van der Waals surface area (Å²) in [4.78, 5) is 14.3. The maximum atomic E-state index is 12.0. The van der Waals surface area contributed by atoms with Gasteiger partial charge in [-0.2, -0.15) is 5.10 Å². The predicted molar refractivity (Wildman–Crippen MR) is 120 cm³/mol. The van der Waals surface area contributed by atoms with Gasteiger partial charge in [-0.15, -0.1) is 0 Å². The Morgan fingerprint density at radius 1 is 1.16 bits per heavy atom. The van der Waals surface area contributed by atoms with Gasteiger partial charge in [0.05, 0.1) is 26.5 Å². The Kier molecular flexibility index (Phi) is 8.70. The highest BCUT2D eigenvalue weighted by molar-refractivity contribution is 5.83. The Balaban J connectivity index is 1.45. The van der Waals surface area contributed by atoms with Crippen LogP contribution in [0.4, 0.5) is 0 Å². The van der Waals surface area contributed by atoms with Crippen molar-refractivity contribution in [3.8, 4) is 23.0 Å². The van der Waals surface area contributed by atoms with E-state index in [9.17, 15) is 15.0 Å². The number of phenolic OH excluding ortho intramolecular Hbond substituents is 2. The molecule has 0 atom stereocenters. The first-order valence-electron chi connectivity index (χ1n) is 10.5. The topological polar surface area (TPSA) is 113 Å². The van der Waals surface area contributed by atoms with Gasteiger partial charge in [0.1, 0.15) is 6.61 Å². The minimum Gasteiger partial charge on any atom is -0.504 e. The average Bonchev–Trinajstić information content (AvgIpc) is 2.81. The second-order valence-corrected chi connectivity index (χ2v) is 7.33. The molecule has 2 aromatic rings. The largest absolute Gasteiger partial charge is 0.504 e. The van der Waals surface area contributed by atoms with Gasteiger partial charge >= 0.3 is 0 Å². The standard InChI is InChI=1S/C23H29N3O6/c1-30-22-15-18(3-6-21(22)32-13-10-26-8-11-31-12-9-26)16-24-25-23(29)7-4-17-2-5-19(27)20(28)14-17/h2-3,5-6,14-16,27-28H,4,7-13H2,1H3,(H,25,29)/b24-16-. The molecule has 0 spiro atoms. The van der Waals surface area contributed by atoms with Gasteiger partial charge in [-0.05, 0) is 47.9 Å². The molecule has 0 bridgehead atoms. The van der Waals surface area contributed by atoms with Crippen LogP contribution < -0.4 is 14.9 Å². The summed E-state index contributed by atoms with van der Waals surface area (Å²) in [5, 5.41) is 22.8. The van der Waals surface area contributed by atoms with E-state index < -0.39 is 0 Å². The van der Waals surface area contributed by atoms with Crippen molar-refractivity contribution in [2.75, 3.05) is 46.6 Å². The number of benzene rings is 2. The van der Waals surface area contributed by atoms with Crippen LogP contribution in [0.2, 0.25) is 0 Å². The maximum Gasteiger partial charge on any atom is 0.240 e. The van der Waals surface area contributed by atoms with Crippen LogP contribution in [0.15, 0.2) is 41.5 Å². The molecule has 1 heterocycles. The molecular formula is C23H29N3O6. The Bertz CT molecular complexity index is 928. The van der Waals surface area contributed by atoms with Crippen molar-refractivity contribution >= 4 is 12.1 Å². The molecule has 0 aromatic heterocycles. The molecule has 0 unspecified atom stereocenters. The number of hydrogen-bond donors (Lipinski definition) is 3. The van der Waals surface area contributed by atoms with E-state index in [1.54, 1.807) is 19.2 Å². The lowest BCUT2D eigenvalue weighted by Crippen LogP contribution is -2.38. The number of morpholine rings is 1. The zero-order valence-corrected chi connectivity index (χ0v) is 18.1. The summed E-state index contributed by atoms with van der Waals surface area (Å²) in [7, 11) is 1.58. The summed E-state index contributed by atoms with van der Waals surface area (Å²) in [6, 6.07) is 9.92. The Labute approximate surface area is 187 Å². The van der Waals surface area contributed by atoms with E-state index in [2.05, 4.69) is 15.4 Å². The van der Waals surface area contributed by atoms with Crippen LogP contribution in [0, 0.1) is 0 Å². The number of nitrogens with one attached hydrogen (secondary N) is 1. The van der Waals surface area contributed by atoms with Crippen molar-refractivity contribution in [2.45, 2.75) is 12.8 Å². The van der Waals surface area contributed by atoms with Gasteiger partial charge in [0.15, 0.2) is 23.0 Å². The van der Waals surface area contributed by atoms with E-state index in [4.69, 9.17) is 14.2 Å². The number of rotatable bonds is 10. The summed E-state index contributed by atoms with van der Waals surface area (Å²) in [5.41, 5.74) is 3.98. The molecule has 3 rings (SSSR count). The fourth-order valence-electron chi connectivity index (χ4n) is 3.21. The van der Waals surface area contributed by atoms with E-state index in [1.165, 1.54) is 18.3 Å². The minimum atomic E-state index is -0.260. The summed E-state index contributed by atoms with van der Waals surface area (Å²) in [6.07, 6.45) is 2.14. The number of phenols is 2. The number of amides is 1. The van der Waals surface area contributed by atoms with Crippen molar-refractivity contribution in [2.24, 2.45) is 5.10 Å². The second-order valence-electron chi connectivity index (χ2n) is 7.33. The lowest BCUT2D eigenvalue weighted by molar-refractivity contribution is -0.121. The molecule has 1 aliphatic heterocycles. The van der Waals surface area contributed by atoms with E-state index >= 15 is 0 Å². The average molecular weight is 444 g/mol. The number of ether oxygens (including phenoxy) is 3. The van der Waals surface area contributed by atoms with Crippen molar-refractivity contribution < 1.29 is 29.2 Å². The molecule has 1 amide bonds. The number of carbonyl (C=O) groups excluding carboxylic acids is 1. The van der Waals surface area contributed by atoms with Crippen molar-refractivity contribution in [3.05, 3.63) is 47.5 Å². The highest BCUT2D eigenvalue weighted by atomic mass is 16.5. The third kappa shape index (κ3) is 7.14. The highest BCUT2D eigenvalue weighted by Gasteiger charge is 2.11. The molecule has 172 valence electrons. The van der Waals surface area contributed by atoms with Crippen LogP contribution in [0.25, 0.3) is 0 Å². The lowest BCUT2D eigenvalue weighted by atomic mass is 10.1. The van der Waals surface area contributed by atoms with Gasteiger partial charge in [0.2, 0.25) is 5.91 Å². The van der Waals surface area contributed by atoms with E-state index in [0.29, 0.717) is 24.5 Å². The Morgan fingerprint density at radius 2 is 1.97 bits per heavy atom. The van der Waals surface area contributed by atoms with Crippen molar-refractivity contribution in [3.63, 3.8) is 0 Å². The van der Waals surface area contributed by atoms with Crippen LogP contribution in [0.3, 0.4) is 0 Å². The third-order valence-electron chi connectivity index (χ3n) is 5.04. The second kappa shape index (κ2) is 11.9. The summed E-state index contributed by atoms with van der Waals surface area (Å²) >= 11 is 0. The van der Waals surface area contributed by atoms with Crippen molar-refractivity contribution in [1.82, 2.24) is 10.3 Å². The first-order chi connectivity index (χ1) is 15.5. The van der Waals surface area contributed by atoms with Gasteiger partial charge in [0, 0.05) is 26.1 Å². The molecule has 1 saturated heterocycles. The molecule has 0 saturated carbocycles. The van der Waals surface area contributed by atoms with Crippen molar-refractivity contribution in [1.29, 1.82) is 0 Å². The molecule has 0 radical (unpaired) electrons. The monoisotopic (exact) mass is 443 g/mol. The SMILES string of the molecule is COc1cc(/C=N\NC(=O)CCc2ccc(O)c(O)c2)ccc1OCCN1CCOCC1. The van der Waals surface area contributed by atoms with E-state index in [-0.39, 0.29) is 23.8 Å². The van der Waals surface area contributed by atoms with Gasteiger partial charge < -0.3 is 24.4 Å². The first-order valence-corrected chi connectivity index (χ1v) is 10.5. The number of aryl methyl sites for hydroxylation is 1. The summed E-state index contributed by atoms with van der Waals surface area (Å²) < 4.78 is 16.6. The molecule has 32 heavy (non-hydrogen) atoms. The number of carbonyl (C=O) groups is 1. The number of hydrazone groups is 1. The summed E-state index contributed by atoms with van der Waals surface area (Å²) in [6.45, 7) is 4.73. The fraction of sp³-hybridized carbons (Fsp3) is 0.391. The number of aromatic hydroxyl groups is 2. The first kappa shape index (κ1) is 23.4. The summed E-state index contributed by atoms with van der Waals surface area (Å²) in [5.74, 6) is 0.590. The van der Waals surface area contributed by atoms with Gasteiger partial charge in [-0.25, -0.2) is 5.43 Å². The molecule has 9 nitrogen and oxygen atoms in total. The van der Waals surface area contributed by atoms with Crippen LogP contribution in [-0.2, 0) is 16.0 Å². The molecule has 3 N–H and O–H groups in total. The van der Waals surface area contributed by atoms with Gasteiger partial charge in [-0.3, -0.25) is 9.69 Å². The number of methoxy groups -OCH3 is 1. The Morgan fingerprint density at radius 3 is 2.72 bits per heavy atom. The smallest absolute Gasteiger partial charge is 0.240 e. The van der Waals surface area contributed by atoms with E-state index in [0.717, 1.165) is 44.0 Å². The highest BCUT2D eigenvalue weighted by Crippen LogP contribution is 2.27. The zero-order valence-electron chi connectivity index (χ0n) is 18.1.